The molecule has 0 N–H and O–H groups in total. The Kier molecular flexibility index (Phi) is 4.08. The number of esters is 1. The van der Waals surface area contributed by atoms with Crippen LogP contribution in [0.15, 0.2) is 65.0 Å². The van der Waals surface area contributed by atoms with Gasteiger partial charge >= 0.3 is 5.97 Å². The monoisotopic (exact) mass is 364 g/mol. The predicted octanol–water partition coefficient (Wildman–Crippen LogP) is 4.56. The summed E-state index contributed by atoms with van der Waals surface area (Å²) in [5.74, 6) is -0.658. The fourth-order valence-electron chi connectivity index (χ4n) is 2.77. The number of carbonyl (C=O) groups is 2. The minimum Gasteiger partial charge on any atom is -0.457 e. The van der Waals surface area contributed by atoms with Crippen LogP contribution < -0.4 is 9.47 Å². The molecule has 0 radical (unpaired) electrons. The molecule has 0 aliphatic carbocycles. The van der Waals surface area contributed by atoms with E-state index in [-0.39, 0.29) is 23.1 Å². The lowest BCUT2D eigenvalue weighted by molar-refractivity contribution is 0.0700. The Balaban J connectivity index is 1.64. The molecule has 0 unspecified atom stereocenters. The lowest BCUT2D eigenvalue weighted by Crippen LogP contribution is -2.08. The summed E-state index contributed by atoms with van der Waals surface area (Å²) in [6, 6.07) is 12.0. The third-order valence-corrected chi connectivity index (χ3v) is 4.11. The molecule has 0 spiro atoms. The molecule has 2 heterocycles. The molecular weight excluding hydrogens is 351 g/mol. The first-order chi connectivity index (χ1) is 13.0. The molecule has 0 saturated heterocycles. The second-order valence-electron chi connectivity index (χ2n) is 5.93. The summed E-state index contributed by atoms with van der Waals surface area (Å²) in [6.45, 7) is 1.68. The second-order valence-corrected chi connectivity index (χ2v) is 5.93. The minimum absolute atomic E-state index is 0.0681. The molecule has 3 aromatic rings. The maximum Gasteiger partial charge on any atom is 0.379 e. The number of furan rings is 1. The first-order valence-electron chi connectivity index (χ1n) is 8.12. The molecule has 134 valence electrons. The number of benzene rings is 2. The van der Waals surface area contributed by atoms with E-state index in [0.29, 0.717) is 22.4 Å². The number of hydrogen-bond acceptors (Lipinski definition) is 5. The molecule has 1 aromatic heterocycles. The van der Waals surface area contributed by atoms with Crippen LogP contribution in [0.1, 0.15) is 32.0 Å². The maximum absolute atomic E-state index is 13.3. The molecular formula is C21H13FO5. The average Bonchev–Trinajstić information content (AvgIpc) is 3.28. The average molecular weight is 364 g/mol. The Labute approximate surface area is 153 Å². The first kappa shape index (κ1) is 16.8. The van der Waals surface area contributed by atoms with Gasteiger partial charge in [0.25, 0.3) is 0 Å². The molecule has 0 atom stereocenters. The highest BCUT2D eigenvalue weighted by Crippen LogP contribution is 2.39. The highest BCUT2D eigenvalue weighted by molar-refractivity contribution is 6.15. The second kappa shape index (κ2) is 6.57. The lowest BCUT2D eigenvalue weighted by atomic mass is 10.1. The third-order valence-electron chi connectivity index (χ3n) is 4.11. The molecule has 2 aromatic carbocycles. The van der Waals surface area contributed by atoms with Gasteiger partial charge in [-0.25, -0.2) is 9.18 Å². The van der Waals surface area contributed by atoms with Crippen LogP contribution in [-0.4, -0.2) is 11.8 Å². The van der Waals surface area contributed by atoms with Crippen LogP contribution in [0.4, 0.5) is 4.39 Å². The molecule has 0 fully saturated rings. The van der Waals surface area contributed by atoms with Crippen molar-refractivity contribution in [3.8, 4) is 11.5 Å². The van der Waals surface area contributed by atoms with Gasteiger partial charge in [0.05, 0.1) is 11.8 Å². The fourth-order valence-corrected chi connectivity index (χ4v) is 2.77. The van der Waals surface area contributed by atoms with Crippen molar-refractivity contribution in [3.05, 3.63) is 88.8 Å². The Morgan fingerprint density at radius 1 is 1.15 bits per heavy atom. The van der Waals surface area contributed by atoms with Crippen molar-refractivity contribution in [1.29, 1.82) is 0 Å². The van der Waals surface area contributed by atoms with Crippen LogP contribution in [0.25, 0.3) is 6.08 Å². The zero-order chi connectivity index (χ0) is 19.0. The number of halogens is 1. The summed E-state index contributed by atoms with van der Waals surface area (Å²) in [5, 5.41) is 0. The van der Waals surface area contributed by atoms with Gasteiger partial charge in [0.15, 0.2) is 5.76 Å². The lowest BCUT2D eigenvalue weighted by Gasteiger charge is -2.09. The van der Waals surface area contributed by atoms with Gasteiger partial charge in [-0.15, -0.1) is 0 Å². The van der Waals surface area contributed by atoms with E-state index in [9.17, 15) is 14.0 Å². The highest BCUT2D eigenvalue weighted by Gasteiger charge is 2.30. The van der Waals surface area contributed by atoms with Gasteiger partial charge in [-0.3, -0.25) is 4.79 Å². The minimum atomic E-state index is -0.650. The Hall–Kier alpha value is -3.67. The van der Waals surface area contributed by atoms with E-state index in [0.717, 1.165) is 0 Å². The van der Waals surface area contributed by atoms with Crippen molar-refractivity contribution in [2.45, 2.75) is 6.92 Å². The summed E-state index contributed by atoms with van der Waals surface area (Å²) < 4.78 is 29.4. The molecule has 0 saturated carbocycles. The van der Waals surface area contributed by atoms with Crippen molar-refractivity contribution >= 4 is 17.8 Å². The predicted molar refractivity (Wildman–Crippen MR) is 94.2 cm³/mol. The van der Waals surface area contributed by atoms with E-state index in [1.165, 1.54) is 42.7 Å². The summed E-state index contributed by atoms with van der Waals surface area (Å²) in [5.41, 5.74) is 1.37. The topological polar surface area (TPSA) is 65.7 Å². The molecule has 6 heteroatoms. The summed E-state index contributed by atoms with van der Waals surface area (Å²) in [7, 11) is 0. The quantitative estimate of drug-likeness (QED) is 0.387. The van der Waals surface area contributed by atoms with E-state index >= 15 is 0 Å². The highest BCUT2D eigenvalue weighted by atomic mass is 19.1. The van der Waals surface area contributed by atoms with Gasteiger partial charge in [0.2, 0.25) is 11.5 Å². The smallest absolute Gasteiger partial charge is 0.379 e. The van der Waals surface area contributed by atoms with Crippen LogP contribution in [0, 0.1) is 12.7 Å². The number of allylic oxidation sites excluding steroid dienone is 1. The molecule has 4 rings (SSSR count). The number of carbonyl (C=O) groups excluding carboxylic acids is 2. The Morgan fingerprint density at radius 2 is 2.00 bits per heavy atom. The van der Waals surface area contributed by atoms with E-state index in [4.69, 9.17) is 13.9 Å². The number of rotatable bonds is 3. The maximum atomic E-state index is 13.3. The van der Waals surface area contributed by atoms with Crippen molar-refractivity contribution < 1.29 is 27.9 Å². The van der Waals surface area contributed by atoms with Gasteiger partial charge < -0.3 is 13.9 Å². The number of ketones is 1. The molecule has 5 nitrogen and oxygen atoms in total. The normalized spacial score (nSPS) is 14.1. The number of Topliss-reactive ketones (excluding diaryl/α,β-unsaturated/α-hetero) is 1. The van der Waals surface area contributed by atoms with Gasteiger partial charge in [-0.05, 0) is 55.0 Å². The standard InChI is InChI=1S/C21H13FO5/c1-12-16(27-21(24)17-6-3-9-25-17)8-7-15-19(23)18(26-20(12)15)11-13-4-2-5-14(22)10-13/h2-11H,1H3/b18-11-. The summed E-state index contributed by atoms with van der Waals surface area (Å²) >= 11 is 0. The molecule has 0 bridgehead atoms. The largest absolute Gasteiger partial charge is 0.457 e. The molecule has 1 aliphatic heterocycles. The summed E-state index contributed by atoms with van der Waals surface area (Å²) in [6.07, 6.45) is 2.84. The molecule has 0 amide bonds. The van der Waals surface area contributed by atoms with Crippen molar-refractivity contribution in [2.24, 2.45) is 0 Å². The van der Waals surface area contributed by atoms with Gasteiger partial charge in [-0.1, -0.05) is 12.1 Å². The summed E-state index contributed by atoms with van der Waals surface area (Å²) in [4.78, 5) is 24.6. The zero-order valence-electron chi connectivity index (χ0n) is 14.2. The number of ether oxygens (including phenoxy) is 2. The van der Waals surface area contributed by atoms with Gasteiger partial charge in [-0.2, -0.15) is 0 Å². The van der Waals surface area contributed by atoms with Crippen LogP contribution in [0.3, 0.4) is 0 Å². The van der Waals surface area contributed by atoms with E-state index in [1.807, 2.05) is 0 Å². The SMILES string of the molecule is Cc1c(OC(=O)c2ccco2)ccc2c1O/C(=C\c1cccc(F)c1)C2=O. The van der Waals surface area contributed by atoms with Gasteiger partial charge in [0.1, 0.15) is 17.3 Å². The van der Waals surface area contributed by atoms with Crippen LogP contribution in [0.5, 0.6) is 11.5 Å². The van der Waals surface area contributed by atoms with Gasteiger partial charge in [0, 0.05) is 5.56 Å². The van der Waals surface area contributed by atoms with E-state index < -0.39 is 11.8 Å². The Morgan fingerprint density at radius 3 is 2.74 bits per heavy atom. The number of fused-ring (bicyclic) bond motifs is 1. The zero-order valence-corrected chi connectivity index (χ0v) is 14.2. The van der Waals surface area contributed by atoms with E-state index in [1.54, 1.807) is 25.1 Å². The third kappa shape index (κ3) is 3.13. The fraction of sp³-hybridized carbons (Fsp3) is 0.0476. The molecule has 27 heavy (non-hydrogen) atoms. The van der Waals surface area contributed by atoms with Crippen LogP contribution in [-0.2, 0) is 0 Å². The number of hydrogen-bond donors (Lipinski definition) is 0. The van der Waals surface area contributed by atoms with Crippen LogP contribution in [0.2, 0.25) is 0 Å². The molecule has 1 aliphatic rings. The van der Waals surface area contributed by atoms with Crippen molar-refractivity contribution in [1.82, 2.24) is 0 Å². The van der Waals surface area contributed by atoms with Crippen molar-refractivity contribution in [2.75, 3.05) is 0 Å². The Bertz CT molecular complexity index is 1080. The van der Waals surface area contributed by atoms with E-state index in [2.05, 4.69) is 0 Å². The van der Waals surface area contributed by atoms with Crippen LogP contribution >= 0.6 is 0 Å². The first-order valence-corrected chi connectivity index (χ1v) is 8.12. The van der Waals surface area contributed by atoms with Crippen molar-refractivity contribution in [3.63, 3.8) is 0 Å².